The molecule has 1 amide bonds. The highest BCUT2D eigenvalue weighted by molar-refractivity contribution is 5.83. The van der Waals surface area contributed by atoms with Crippen molar-refractivity contribution in [3.05, 3.63) is 59.8 Å². The van der Waals surface area contributed by atoms with Crippen LogP contribution >= 0.6 is 0 Å². The quantitative estimate of drug-likeness (QED) is 0.910. The van der Waals surface area contributed by atoms with Crippen LogP contribution in [0.25, 0.3) is 0 Å². The third-order valence-electron chi connectivity index (χ3n) is 5.33. The van der Waals surface area contributed by atoms with Crippen molar-refractivity contribution in [2.75, 3.05) is 18.0 Å². The van der Waals surface area contributed by atoms with E-state index in [1.165, 1.54) is 24.8 Å². The second kappa shape index (κ2) is 7.26. The second-order valence-corrected chi connectivity index (χ2v) is 7.11. The average Bonchev–Trinajstić information content (AvgIpc) is 3.49. The number of nitrogens with one attached hydrogen (secondary N) is 1. The van der Waals surface area contributed by atoms with Gasteiger partial charge in [0.15, 0.2) is 0 Å². The summed E-state index contributed by atoms with van der Waals surface area (Å²) in [5.74, 6) is 1.72. The van der Waals surface area contributed by atoms with Crippen molar-refractivity contribution in [1.82, 2.24) is 10.3 Å². The predicted octanol–water partition coefficient (Wildman–Crippen LogP) is 3.49. The molecule has 130 valence electrons. The Morgan fingerprint density at radius 2 is 1.88 bits per heavy atom. The first-order valence-corrected chi connectivity index (χ1v) is 9.34. The molecule has 1 saturated heterocycles. The summed E-state index contributed by atoms with van der Waals surface area (Å²) < 4.78 is 0. The Morgan fingerprint density at radius 3 is 2.68 bits per heavy atom. The molecule has 0 spiro atoms. The van der Waals surface area contributed by atoms with Crippen molar-refractivity contribution in [2.45, 2.75) is 38.1 Å². The van der Waals surface area contributed by atoms with Crippen LogP contribution in [-0.2, 0) is 11.3 Å². The maximum absolute atomic E-state index is 12.5. The van der Waals surface area contributed by atoms with Gasteiger partial charge < -0.3 is 10.2 Å². The van der Waals surface area contributed by atoms with Gasteiger partial charge in [-0.05, 0) is 43.2 Å². The standard InChI is InChI=1S/C21H25N3O/c25-21(19-14-18(19)16-8-3-1-4-9-16)23-15-17-10-7-11-22-20(17)24-12-5-2-6-13-24/h1,3-4,7-11,18-19H,2,5-6,12-15H2,(H,23,25). The minimum atomic E-state index is 0.123. The van der Waals surface area contributed by atoms with Crippen LogP contribution in [0.3, 0.4) is 0 Å². The van der Waals surface area contributed by atoms with Crippen molar-refractivity contribution in [3.8, 4) is 0 Å². The van der Waals surface area contributed by atoms with Crippen LogP contribution in [0.15, 0.2) is 48.7 Å². The topological polar surface area (TPSA) is 45.2 Å². The highest BCUT2D eigenvalue weighted by Gasteiger charge is 2.43. The van der Waals surface area contributed by atoms with Crippen LogP contribution in [0.4, 0.5) is 5.82 Å². The number of nitrogens with zero attached hydrogens (tertiary/aromatic N) is 2. The lowest BCUT2D eigenvalue weighted by Crippen LogP contribution is -2.32. The van der Waals surface area contributed by atoms with E-state index in [0.29, 0.717) is 12.5 Å². The Hall–Kier alpha value is -2.36. The number of piperidine rings is 1. The van der Waals surface area contributed by atoms with Gasteiger partial charge in [0.2, 0.25) is 5.91 Å². The van der Waals surface area contributed by atoms with Crippen molar-refractivity contribution in [1.29, 1.82) is 0 Å². The zero-order chi connectivity index (χ0) is 17.1. The van der Waals surface area contributed by atoms with E-state index in [1.807, 2.05) is 30.5 Å². The summed E-state index contributed by atoms with van der Waals surface area (Å²) in [5.41, 5.74) is 2.40. The van der Waals surface area contributed by atoms with E-state index in [9.17, 15) is 4.79 Å². The fourth-order valence-electron chi connectivity index (χ4n) is 3.83. The summed E-state index contributed by atoms with van der Waals surface area (Å²) in [7, 11) is 0. The van der Waals surface area contributed by atoms with Crippen LogP contribution < -0.4 is 10.2 Å². The molecule has 0 bridgehead atoms. The molecule has 2 unspecified atom stereocenters. The first-order chi connectivity index (χ1) is 12.3. The number of benzene rings is 1. The number of rotatable bonds is 5. The van der Waals surface area contributed by atoms with Crippen molar-refractivity contribution in [3.63, 3.8) is 0 Å². The minimum Gasteiger partial charge on any atom is -0.356 e. The second-order valence-electron chi connectivity index (χ2n) is 7.11. The summed E-state index contributed by atoms with van der Waals surface area (Å²) in [6.07, 6.45) is 6.56. The molecule has 2 aromatic rings. The molecule has 4 rings (SSSR count). The van der Waals surface area contributed by atoms with Crippen molar-refractivity contribution in [2.24, 2.45) is 5.92 Å². The molecule has 4 heteroatoms. The van der Waals surface area contributed by atoms with Gasteiger partial charge in [-0.1, -0.05) is 36.4 Å². The summed E-state index contributed by atoms with van der Waals surface area (Å²) >= 11 is 0. The molecule has 2 fully saturated rings. The van der Waals surface area contributed by atoms with Gasteiger partial charge in [0.25, 0.3) is 0 Å². The molecular formula is C21H25N3O. The number of hydrogen-bond donors (Lipinski definition) is 1. The Kier molecular flexibility index (Phi) is 4.68. The van der Waals surface area contributed by atoms with E-state index >= 15 is 0 Å². The maximum Gasteiger partial charge on any atom is 0.224 e. The van der Waals surface area contributed by atoms with Crippen molar-refractivity contribution >= 4 is 11.7 Å². The lowest BCUT2D eigenvalue weighted by atomic mass is 10.1. The third-order valence-corrected chi connectivity index (χ3v) is 5.33. The molecule has 2 heterocycles. The van der Waals surface area contributed by atoms with E-state index in [-0.39, 0.29) is 11.8 Å². The van der Waals surface area contributed by atoms with E-state index in [1.54, 1.807) is 0 Å². The molecule has 1 aromatic carbocycles. The molecule has 2 aliphatic rings. The number of aromatic nitrogens is 1. The smallest absolute Gasteiger partial charge is 0.224 e. The van der Waals surface area contributed by atoms with Gasteiger partial charge in [0.1, 0.15) is 5.82 Å². The monoisotopic (exact) mass is 335 g/mol. The Labute approximate surface area is 149 Å². The number of pyridine rings is 1. The summed E-state index contributed by atoms with van der Waals surface area (Å²) in [4.78, 5) is 19.4. The van der Waals surface area contributed by atoms with Crippen LogP contribution in [0.1, 0.15) is 42.7 Å². The lowest BCUT2D eigenvalue weighted by molar-refractivity contribution is -0.122. The van der Waals surface area contributed by atoms with Gasteiger partial charge in [-0.2, -0.15) is 0 Å². The summed E-state index contributed by atoms with van der Waals surface area (Å²) in [6, 6.07) is 14.4. The van der Waals surface area contributed by atoms with Crippen LogP contribution in [0.2, 0.25) is 0 Å². The highest BCUT2D eigenvalue weighted by Crippen LogP contribution is 2.47. The minimum absolute atomic E-state index is 0.123. The van der Waals surface area contributed by atoms with Crippen LogP contribution in [0, 0.1) is 5.92 Å². The molecule has 1 saturated carbocycles. The number of carbonyl (C=O) groups is 1. The van der Waals surface area contributed by atoms with E-state index in [2.05, 4.69) is 33.4 Å². The predicted molar refractivity (Wildman–Crippen MR) is 99.4 cm³/mol. The molecule has 2 atom stereocenters. The molecule has 1 aromatic heterocycles. The fourth-order valence-corrected chi connectivity index (χ4v) is 3.83. The Morgan fingerprint density at radius 1 is 1.08 bits per heavy atom. The largest absolute Gasteiger partial charge is 0.356 e. The normalized spacial score (nSPS) is 22.5. The maximum atomic E-state index is 12.5. The van der Waals surface area contributed by atoms with Gasteiger partial charge in [-0.15, -0.1) is 0 Å². The SMILES string of the molecule is O=C(NCc1cccnc1N1CCCCC1)C1CC1c1ccccc1. The summed E-state index contributed by atoms with van der Waals surface area (Å²) in [5, 5.41) is 3.13. The average molecular weight is 335 g/mol. The molecule has 25 heavy (non-hydrogen) atoms. The molecular weight excluding hydrogens is 310 g/mol. The van der Waals surface area contributed by atoms with Gasteiger partial charge in [0, 0.05) is 37.3 Å². The van der Waals surface area contributed by atoms with E-state index in [4.69, 9.17) is 0 Å². The molecule has 0 radical (unpaired) electrons. The third kappa shape index (κ3) is 3.68. The number of anilines is 1. The summed E-state index contributed by atoms with van der Waals surface area (Å²) in [6.45, 7) is 2.70. The number of hydrogen-bond acceptors (Lipinski definition) is 3. The lowest BCUT2D eigenvalue weighted by Gasteiger charge is -2.29. The first kappa shape index (κ1) is 16.1. The van der Waals surface area contributed by atoms with Crippen molar-refractivity contribution < 1.29 is 4.79 Å². The number of carbonyl (C=O) groups excluding carboxylic acids is 1. The molecule has 4 nitrogen and oxygen atoms in total. The highest BCUT2D eigenvalue weighted by atomic mass is 16.2. The van der Waals surface area contributed by atoms with Gasteiger partial charge >= 0.3 is 0 Å². The van der Waals surface area contributed by atoms with Gasteiger partial charge in [0.05, 0.1) is 0 Å². The van der Waals surface area contributed by atoms with Crippen LogP contribution in [0.5, 0.6) is 0 Å². The zero-order valence-electron chi connectivity index (χ0n) is 14.5. The Balaban J connectivity index is 1.37. The zero-order valence-corrected chi connectivity index (χ0v) is 14.5. The molecule has 1 aliphatic carbocycles. The van der Waals surface area contributed by atoms with E-state index in [0.717, 1.165) is 30.9 Å². The van der Waals surface area contributed by atoms with Crippen LogP contribution in [-0.4, -0.2) is 24.0 Å². The first-order valence-electron chi connectivity index (χ1n) is 9.34. The Bertz CT molecular complexity index is 725. The number of amides is 1. The molecule has 1 aliphatic heterocycles. The fraction of sp³-hybridized carbons (Fsp3) is 0.429. The molecule has 1 N–H and O–H groups in total. The van der Waals surface area contributed by atoms with Gasteiger partial charge in [-0.25, -0.2) is 4.98 Å². The van der Waals surface area contributed by atoms with Gasteiger partial charge in [-0.3, -0.25) is 4.79 Å². The van der Waals surface area contributed by atoms with E-state index < -0.39 is 0 Å².